The molecule has 2 aromatic rings. The summed E-state index contributed by atoms with van der Waals surface area (Å²) in [6, 6.07) is 9.58. The minimum Gasteiger partial charge on any atom is -0.468 e. The zero-order valence-electron chi connectivity index (χ0n) is 15.5. The van der Waals surface area contributed by atoms with Crippen molar-refractivity contribution in [3.8, 4) is 0 Å². The summed E-state index contributed by atoms with van der Waals surface area (Å²) < 4.78 is 5.42. The quantitative estimate of drug-likeness (QED) is 0.818. The van der Waals surface area contributed by atoms with Crippen LogP contribution >= 0.6 is 0 Å². The second-order valence-electron chi connectivity index (χ2n) is 7.76. The van der Waals surface area contributed by atoms with E-state index in [4.69, 9.17) is 4.42 Å². The first-order valence-electron chi connectivity index (χ1n) is 9.83. The van der Waals surface area contributed by atoms with Gasteiger partial charge in [-0.2, -0.15) is 0 Å². The van der Waals surface area contributed by atoms with Crippen LogP contribution in [0.4, 0.5) is 0 Å². The molecular weight excluding hydrogens is 342 g/mol. The van der Waals surface area contributed by atoms with Gasteiger partial charge in [-0.15, -0.1) is 0 Å². The Balaban J connectivity index is 1.33. The average molecular weight is 369 g/mol. The fourth-order valence-corrected chi connectivity index (χ4v) is 4.14. The molecule has 4 rings (SSSR count). The van der Waals surface area contributed by atoms with E-state index in [-0.39, 0.29) is 29.9 Å². The zero-order valence-corrected chi connectivity index (χ0v) is 15.5. The van der Waals surface area contributed by atoms with Gasteiger partial charge >= 0.3 is 0 Å². The number of aliphatic hydroxyl groups is 1. The van der Waals surface area contributed by atoms with Crippen molar-refractivity contribution in [2.45, 2.75) is 44.4 Å². The van der Waals surface area contributed by atoms with Crippen LogP contribution in [0.1, 0.15) is 43.2 Å². The van der Waals surface area contributed by atoms with Gasteiger partial charge in [0.2, 0.25) is 5.91 Å². The summed E-state index contributed by atoms with van der Waals surface area (Å²) in [5, 5.41) is 12.9. The van der Waals surface area contributed by atoms with Crippen molar-refractivity contribution in [3.63, 3.8) is 0 Å². The van der Waals surface area contributed by atoms with E-state index in [0.717, 1.165) is 56.8 Å². The topological polar surface area (TPSA) is 78.6 Å². The highest BCUT2D eigenvalue weighted by atomic mass is 16.3. The molecule has 1 atom stereocenters. The number of rotatable bonds is 6. The maximum atomic E-state index is 12.9. The molecule has 0 spiro atoms. The van der Waals surface area contributed by atoms with Crippen molar-refractivity contribution in [3.05, 3.63) is 54.2 Å². The molecule has 3 heterocycles. The number of nitrogens with one attached hydrogen (secondary N) is 1. The summed E-state index contributed by atoms with van der Waals surface area (Å²) in [6.45, 7) is 2.60. The van der Waals surface area contributed by atoms with Gasteiger partial charge in [0, 0.05) is 12.1 Å². The molecule has 2 aliphatic rings. The van der Waals surface area contributed by atoms with Crippen LogP contribution in [0.2, 0.25) is 0 Å². The average Bonchev–Trinajstić information content (AvgIpc) is 3.18. The summed E-state index contributed by atoms with van der Waals surface area (Å²) in [5.74, 6) is 1.38. The van der Waals surface area contributed by atoms with E-state index in [1.54, 1.807) is 12.5 Å². The van der Waals surface area contributed by atoms with E-state index >= 15 is 0 Å². The van der Waals surface area contributed by atoms with Crippen LogP contribution in [-0.2, 0) is 11.3 Å². The Morgan fingerprint density at radius 3 is 2.70 bits per heavy atom. The number of nitrogens with zero attached hydrogens (tertiary/aromatic N) is 2. The Kier molecular flexibility index (Phi) is 5.55. The third kappa shape index (κ3) is 4.39. The maximum Gasteiger partial charge on any atom is 0.223 e. The van der Waals surface area contributed by atoms with Gasteiger partial charge in [-0.05, 0) is 69.0 Å². The summed E-state index contributed by atoms with van der Waals surface area (Å²) in [4.78, 5) is 19.7. The highest BCUT2D eigenvalue weighted by Gasteiger charge is 2.37. The molecule has 1 aliphatic carbocycles. The number of aliphatic hydroxyl groups excluding tert-OH is 1. The standard InChI is InChI=1S/C21H27N3O3/c25-17-12-16(13-17)20(19-5-1-2-8-22-19)23-21(26)15-6-9-24(10-7-15)14-18-4-3-11-27-18/h1-5,8,11,15-17,20,25H,6-7,9-10,12-14H2,(H,23,26). The smallest absolute Gasteiger partial charge is 0.223 e. The van der Waals surface area contributed by atoms with E-state index in [9.17, 15) is 9.90 Å². The number of piperidine rings is 1. The van der Waals surface area contributed by atoms with Gasteiger partial charge in [0.05, 0.1) is 30.6 Å². The van der Waals surface area contributed by atoms with E-state index in [1.165, 1.54) is 0 Å². The Labute approximate surface area is 159 Å². The number of carbonyl (C=O) groups excluding carboxylic acids is 1. The molecule has 6 heteroatoms. The fraction of sp³-hybridized carbons (Fsp3) is 0.524. The zero-order chi connectivity index (χ0) is 18.6. The molecule has 0 radical (unpaired) electrons. The molecule has 1 unspecified atom stereocenters. The van der Waals surface area contributed by atoms with Gasteiger partial charge in [-0.3, -0.25) is 14.7 Å². The van der Waals surface area contributed by atoms with Gasteiger partial charge in [-0.1, -0.05) is 6.07 Å². The second-order valence-corrected chi connectivity index (χ2v) is 7.76. The molecule has 2 N–H and O–H groups in total. The van der Waals surface area contributed by atoms with E-state index in [2.05, 4.69) is 15.2 Å². The van der Waals surface area contributed by atoms with Crippen LogP contribution < -0.4 is 5.32 Å². The number of furan rings is 1. The molecule has 0 bridgehead atoms. The lowest BCUT2D eigenvalue weighted by atomic mass is 9.76. The van der Waals surface area contributed by atoms with Crippen LogP contribution in [0.15, 0.2) is 47.2 Å². The van der Waals surface area contributed by atoms with Crippen LogP contribution in [0.25, 0.3) is 0 Å². The number of aromatic nitrogens is 1. The number of carbonyl (C=O) groups is 1. The van der Waals surface area contributed by atoms with Crippen molar-refractivity contribution in [2.24, 2.45) is 11.8 Å². The Bertz CT molecular complexity index is 720. The fourth-order valence-electron chi connectivity index (χ4n) is 4.14. The van der Waals surface area contributed by atoms with Gasteiger partial charge < -0.3 is 14.8 Å². The maximum absolute atomic E-state index is 12.9. The highest BCUT2D eigenvalue weighted by Crippen LogP contribution is 2.37. The molecule has 27 heavy (non-hydrogen) atoms. The van der Waals surface area contributed by atoms with Crippen LogP contribution in [0, 0.1) is 11.8 Å². The summed E-state index contributed by atoms with van der Waals surface area (Å²) in [6.07, 6.45) is 6.37. The predicted octanol–water partition coefficient (Wildman–Crippen LogP) is 2.52. The molecule has 1 aliphatic heterocycles. The van der Waals surface area contributed by atoms with E-state index in [1.807, 2.05) is 30.3 Å². The monoisotopic (exact) mass is 369 g/mol. The lowest BCUT2D eigenvalue weighted by Crippen LogP contribution is -2.45. The molecule has 2 fully saturated rings. The van der Waals surface area contributed by atoms with Crippen LogP contribution in [0.3, 0.4) is 0 Å². The van der Waals surface area contributed by atoms with Gasteiger partial charge in [0.25, 0.3) is 0 Å². The van der Waals surface area contributed by atoms with Crippen molar-refractivity contribution in [1.82, 2.24) is 15.2 Å². The first-order valence-corrected chi connectivity index (χ1v) is 9.83. The molecule has 1 saturated carbocycles. The lowest BCUT2D eigenvalue weighted by Gasteiger charge is -2.39. The van der Waals surface area contributed by atoms with Gasteiger partial charge in [0.1, 0.15) is 5.76 Å². The number of amides is 1. The third-order valence-electron chi connectivity index (χ3n) is 5.84. The van der Waals surface area contributed by atoms with E-state index < -0.39 is 0 Å². The van der Waals surface area contributed by atoms with Crippen LogP contribution in [0.5, 0.6) is 0 Å². The number of likely N-dealkylation sites (tertiary alicyclic amines) is 1. The molecular formula is C21H27N3O3. The largest absolute Gasteiger partial charge is 0.468 e. The first kappa shape index (κ1) is 18.2. The Morgan fingerprint density at radius 1 is 1.26 bits per heavy atom. The Hall–Kier alpha value is -2.18. The summed E-state index contributed by atoms with van der Waals surface area (Å²) in [5.41, 5.74) is 0.887. The molecule has 2 aromatic heterocycles. The minimum absolute atomic E-state index is 0.0362. The van der Waals surface area contributed by atoms with E-state index in [0.29, 0.717) is 0 Å². The first-order chi connectivity index (χ1) is 13.2. The Morgan fingerprint density at radius 2 is 2.07 bits per heavy atom. The van der Waals surface area contributed by atoms with Crippen molar-refractivity contribution in [1.29, 1.82) is 0 Å². The number of hydrogen-bond acceptors (Lipinski definition) is 5. The third-order valence-corrected chi connectivity index (χ3v) is 5.84. The number of hydrogen-bond donors (Lipinski definition) is 2. The predicted molar refractivity (Wildman–Crippen MR) is 101 cm³/mol. The molecule has 6 nitrogen and oxygen atoms in total. The van der Waals surface area contributed by atoms with Crippen molar-refractivity contribution < 1.29 is 14.3 Å². The molecule has 1 saturated heterocycles. The number of pyridine rings is 1. The normalized spacial score (nSPS) is 24.9. The summed E-state index contributed by atoms with van der Waals surface area (Å²) >= 11 is 0. The molecule has 0 aromatic carbocycles. The SMILES string of the molecule is O=C(NC(c1ccccn1)C1CC(O)C1)C1CCN(Cc2ccco2)CC1. The summed E-state index contributed by atoms with van der Waals surface area (Å²) in [7, 11) is 0. The van der Waals surface area contributed by atoms with Crippen LogP contribution in [-0.4, -0.2) is 40.1 Å². The second kappa shape index (κ2) is 8.23. The van der Waals surface area contributed by atoms with Gasteiger partial charge in [-0.25, -0.2) is 0 Å². The van der Waals surface area contributed by atoms with Crippen molar-refractivity contribution in [2.75, 3.05) is 13.1 Å². The molecule has 144 valence electrons. The minimum atomic E-state index is -0.247. The van der Waals surface area contributed by atoms with Crippen molar-refractivity contribution >= 4 is 5.91 Å². The highest BCUT2D eigenvalue weighted by molar-refractivity contribution is 5.79. The lowest BCUT2D eigenvalue weighted by molar-refractivity contribution is -0.128. The van der Waals surface area contributed by atoms with Gasteiger partial charge in [0.15, 0.2) is 0 Å². The molecule has 1 amide bonds.